The average molecular weight is 409 g/mol. The number of methoxy groups -OCH3 is 1. The lowest BCUT2D eigenvalue weighted by Gasteiger charge is -2.41. The molecular weight excluding hydrogens is 382 g/mol. The molecule has 1 atom stereocenters. The molecule has 3 N–H and O–H groups in total. The van der Waals surface area contributed by atoms with Gasteiger partial charge in [0.1, 0.15) is 11.6 Å². The number of rotatable bonds is 3. The van der Waals surface area contributed by atoms with Crippen LogP contribution >= 0.6 is 0 Å². The number of nitrogens with two attached hydrogens (primary N) is 1. The van der Waals surface area contributed by atoms with Gasteiger partial charge in [-0.2, -0.15) is 5.10 Å². The fourth-order valence-electron chi connectivity index (χ4n) is 4.01. The molecule has 1 fully saturated rings. The zero-order chi connectivity index (χ0) is 21.4. The Balaban J connectivity index is 1.48. The molecule has 30 heavy (non-hydrogen) atoms. The standard InChI is InChI=1S/C21H27N7O2/c1-13-9-15(5-6-18(13)30-4)24-21(29)27-7-8-28(14(2)12-27)17-10-19(22)25-20-16(17)11-23-26(20)3/h5-6,9-11,14H,7-8,12H2,1-4H3,(H2,22,25)(H,24,29)/t14-/m0/s1. The number of anilines is 3. The van der Waals surface area contributed by atoms with E-state index >= 15 is 0 Å². The summed E-state index contributed by atoms with van der Waals surface area (Å²) in [6, 6.07) is 7.52. The maximum Gasteiger partial charge on any atom is 0.321 e. The summed E-state index contributed by atoms with van der Waals surface area (Å²) >= 11 is 0. The number of fused-ring (bicyclic) bond motifs is 1. The Kier molecular flexibility index (Phi) is 5.11. The van der Waals surface area contributed by atoms with Gasteiger partial charge in [-0.1, -0.05) is 0 Å². The van der Waals surface area contributed by atoms with Gasteiger partial charge in [-0.05, 0) is 37.6 Å². The lowest BCUT2D eigenvalue weighted by atomic mass is 10.1. The average Bonchev–Trinajstić information content (AvgIpc) is 3.08. The van der Waals surface area contributed by atoms with Gasteiger partial charge in [0.15, 0.2) is 5.65 Å². The second kappa shape index (κ2) is 7.74. The number of carbonyl (C=O) groups excluding carboxylic acids is 1. The van der Waals surface area contributed by atoms with E-state index in [4.69, 9.17) is 10.5 Å². The summed E-state index contributed by atoms with van der Waals surface area (Å²) in [5, 5.41) is 8.27. The van der Waals surface area contributed by atoms with E-state index < -0.39 is 0 Å². The van der Waals surface area contributed by atoms with Gasteiger partial charge in [0.25, 0.3) is 0 Å². The van der Waals surface area contributed by atoms with Crippen LogP contribution in [0.25, 0.3) is 11.0 Å². The molecule has 4 rings (SSSR count). The monoisotopic (exact) mass is 409 g/mol. The van der Waals surface area contributed by atoms with Crippen molar-refractivity contribution in [2.24, 2.45) is 7.05 Å². The van der Waals surface area contributed by atoms with E-state index in [2.05, 4.69) is 27.2 Å². The van der Waals surface area contributed by atoms with E-state index in [1.165, 1.54) is 0 Å². The lowest BCUT2D eigenvalue weighted by Crippen LogP contribution is -2.54. The van der Waals surface area contributed by atoms with Gasteiger partial charge in [0.05, 0.1) is 24.4 Å². The zero-order valence-electron chi connectivity index (χ0n) is 17.7. The molecule has 0 bridgehead atoms. The van der Waals surface area contributed by atoms with E-state index in [0.29, 0.717) is 25.5 Å². The van der Waals surface area contributed by atoms with Crippen LogP contribution in [0.2, 0.25) is 0 Å². The van der Waals surface area contributed by atoms with E-state index in [1.54, 1.807) is 11.8 Å². The lowest BCUT2D eigenvalue weighted by molar-refractivity contribution is 0.200. The number of benzene rings is 1. The highest BCUT2D eigenvalue weighted by molar-refractivity contribution is 5.92. The molecule has 2 aromatic heterocycles. The fourth-order valence-corrected chi connectivity index (χ4v) is 4.01. The SMILES string of the molecule is COc1ccc(NC(=O)N2CCN(c3cc(N)nc4c3cnn4C)[C@@H](C)C2)cc1C. The smallest absolute Gasteiger partial charge is 0.321 e. The van der Waals surface area contributed by atoms with Crippen molar-refractivity contribution < 1.29 is 9.53 Å². The van der Waals surface area contributed by atoms with Crippen molar-refractivity contribution in [1.29, 1.82) is 0 Å². The van der Waals surface area contributed by atoms with Crippen molar-refractivity contribution in [3.63, 3.8) is 0 Å². The molecule has 0 radical (unpaired) electrons. The highest BCUT2D eigenvalue weighted by atomic mass is 16.5. The largest absolute Gasteiger partial charge is 0.496 e. The van der Waals surface area contributed by atoms with Crippen molar-refractivity contribution in [3.05, 3.63) is 36.0 Å². The van der Waals surface area contributed by atoms with Crippen molar-refractivity contribution in [3.8, 4) is 5.75 Å². The number of hydrogen-bond donors (Lipinski definition) is 2. The van der Waals surface area contributed by atoms with Gasteiger partial charge < -0.3 is 25.6 Å². The first kappa shape index (κ1) is 19.8. The zero-order valence-corrected chi connectivity index (χ0v) is 17.7. The van der Waals surface area contributed by atoms with Crippen LogP contribution in [-0.2, 0) is 7.05 Å². The Morgan fingerprint density at radius 2 is 2.10 bits per heavy atom. The Labute approximate surface area is 175 Å². The molecule has 1 aromatic carbocycles. The van der Waals surface area contributed by atoms with Crippen LogP contribution in [0.4, 0.5) is 22.0 Å². The second-order valence-corrected chi connectivity index (χ2v) is 7.67. The van der Waals surface area contributed by atoms with Crippen LogP contribution < -0.4 is 20.7 Å². The van der Waals surface area contributed by atoms with Crippen molar-refractivity contribution >= 4 is 34.3 Å². The number of ether oxygens (including phenoxy) is 1. The number of carbonyl (C=O) groups is 1. The summed E-state index contributed by atoms with van der Waals surface area (Å²) in [5.74, 6) is 1.26. The third kappa shape index (κ3) is 3.58. The minimum Gasteiger partial charge on any atom is -0.496 e. The van der Waals surface area contributed by atoms with Crippen molar-refractivity contribution in [2.75, 3.05) is 42.7 Å². The van der Waals surface area contributed by atoms with Crippen LogP contribution in [0.15, 0.2) is 30.5 Å². The van der Waals surface area contributed by atoms with Gasteiger partial charge in [0, 0.05) is 44.5 Å². The number of amides is 2. The van der Waals surface area contributed by atoms with Gasteiger partial charge in [-0.25, -0.2) is 9.78 Å². The molecular formula is C21H27N7O2. The number of pyridine rings is 1. The van der Waals surface area contributed by atoms with E-state index in [9.17, 15) is 4.79 Å². The Hall–Kier alpha value is -3.49. The van der Waals surface area contributed by atoms with Gasteiger partial charge in [-0.15, -0.1) is 0 Å². The number of aromatic nitrogens is 3. The molecule has 2 amide bonds. The van der Waals surface area contributed by atoms with Gasteiger partial charge >= 0.3 is 6.03 Å². The highest BCUT2D eigenvalue weighted by Gasteiger charge is 2.28. The third-order valence-corrected chi connectivity index (χ3v) is 5.57. The predicted molar refractivity (Wildman–Crippen MR) is 118 cm³/mol. The molecule has 1 aliphatic heterocycles. The van der Waals surface area contributed by atoms with Crippen LogP contribution in [0.5, 0.6) is 5.75 Å². The number of hydrogen-bond acceptors (Lipinski definition) is 6. The third-order valence-electron chi connectivity index (χ3n) is 5.57. The van der Waals surface area contributed by atoms with Crippen LogP contribution in [0.1, 0.15) is 12.5 Å². The topological polar surface area (TPSA) is 102 Å². The first-order chi connectivity index (χ1) is 14.4. The van der Waals surface area contributed by atoms with Crippen LogP contribution in [0, 0.1) is 6.92 Å². The normalized spacial score (nSPS) is 16.7. The molecule has 0 aliphatic carbocycles. The summed E-state index contributed by atoms with van der Waals surface area (Å²) in [4.78, 5) is 21.3. The number of nitrogen functional groups attached to an aromatic ring is 1. The molecule has 0 unspecified atom stereocenters. The summed E-state index contributed by atoms with van der Waals surface area (Å²) in [6.07, 6.45) is 1.81. The molecule has 0 spiro atoms. The molecule has 3 aromatic rings. The van der Waals surface area contributed by atoms with E-state index in [0.717, 1.165) is 33.7 Å². The van der Waals surface area contributed by atoms with Crippen molar-refractivity contribution in [1.82, 2.24) is 19.7 Å². The first-order valence-electron chi connectivity index (χ1n) is 9.93. The summed E-state index contributed by atoms with van der Waals surface area (Å²) in [6.45, 7) is 5.97. The summed E-state index contributed by atoms with van der Waals surface area (Å²) in [7, 11) is 3.49. The van der Waals surface area contributed by atoms with Crippen molar-refractivity contribution in [2.45, 2.75) is 19.9 Å². The Morgan fingerprint density at radius 1 is 1.30 bits per heavy atom. The molecule has 1 aliphatic rings. The second-order valence-electron chi connectivity index (χ2n) is 7.67. The highest BCUT2D eigenvalue weighted by Crippen LogP contribution is 2.30. The van der Waals surface area contributed by atoms with E-state index in [-0.39, 0.29) is 12.1 Å². The predicted octanol–water partition coefficient (Wildman–Crippen LogP) is 2.61. The van der Waals surface area contributed by atoms with E-state index in [1.807, 2.05) is 49.3 Å². The molecule has 0 saturated carbocycles. The number of nitrogens with zero attached hydrogens (tertiary/aromatic N) is 5. The molecule has 3 heterocycles. The Bertz CT molecular complexity index is 1090. The molecule has 158 valence electrons. The number of urea groups is 1. The Morgan fingerprint density at radius 3 is 2.80 bits per heavy atom. The van der Waals surface area contributed by atoms with Crippen LogP contribution in [-0.4, -0.2) is 58.5 Å². The maximum absolute atomic E-state index is 12.8. The number of nitrogens with one attached hydrogen (secondary N) is 1. The quantitative estimate of drug-likeness (QED) is 0.690. The minimum absolute atomic E-state index is 0.105. The van der Waals surface area contributed by atoms with Gasteiger partial charge in [-0.3, -0.25) is 4.68 Å². The fraction of sp³-hybridized carbons (Fsp3) is 0.381. The first-order valence-corrected chi connectivity index (χ1v) is 9.93. The molecule has 1 saturated heterocycles. The number of piperazine rings is 1. The number of aryl methyl sites for hydroxylation is 2. The minimum atomic E-state index is -0.105. The van der Waals surface area contributed by atoms with Gasteiger partial charge in [0.2, 0.25) is 0 Å². The summed E-state index contributed by atoms with van der Waals surface area (Å²) < 4.78 is 7.00. The molecule has 9 nitrogen and oxygen atoms in total. The summed E-state index contributed by atoms with van der Waals surface area (Å²) in [5.41, 5.74) is 9.53. The maximum atomic E-state index is 12.8. The molecule has 9 heteroatoms. The van der Waals surface area contributed by atoms with Crippen LogP contribution in [0.3, 0.4) is 0 Å².